The largest absolute Gasteiger partial charge is 0.497 e. The van der Waals surface area contributed by atoms with Crippen LogP contribution in [0, 0.1) is 6.92 Å². The Kier molecular flexibility index (Phi) is 5.26. The number of methoxy groups -OCH3 is 1. The van der Waals surface area contributed by atoms with E-state index in [4.69, 9.17) is 4.74 Å². The highest BCUT2D eigenvalue weighted by molar-refractivity contribution is 5.54. The van der Waals surface area contributed by atoms with Crippen molar-refractivity contribution >= 4 is 5.69 Å². The van der Waals surface area contributed by atoms with E-state index in [9.17, 15) is 0 Å². The molecule has 0 aromatic heterocycles. The number of rotatable bonds is 6. The third-order valence-corrected chi connectivity index (χ3v) is 3.82. The zero-order valence-corrected chi connectivity index (χ0v) is 13.4. The van der Waals surface area contributed by atoms with Gasteiger partial charge in [-0.2, -0.15) is 0 Å². The lowest BCUT2D eigenvalue weighted by Gasteiger charge is -2.18. The van der Waals surface area contributed by atoms with E-state index in [0.29, 0.717) is 0 Å². The molecule has 1 unspecified atom stereocenters. The topological polar surface area (TPSA) is 21.3 Å². The fraction of sp³-hybridized carbons (Fsp3) is 0.368. The fourth-order valence-electron chi connectivity index (χ4n) is 2.50. The molecule has 2 heteroatoms. The molecule has 2 nitrogen and oxygen atoms in total. The SMILES string of the molecule is CCCc1ccc(C(C)Nc2ccc(OC)cc2C)cc1. The molecule has 0 bridgehead atoms. The highest BCUT2D eigenvalue weighted by Gasteiger charge is 2.07. The molecule has 0 aliphatic rings. The Morgan fingerprint density at radius 1 is 1.10 bits per heavy atom. The molecule has 0 saturated heterocycles. The van der Waals surface area contributed by atoms with Gasteiger partial charge in [0.1, 0.15) is 5.75 Å². The quantitative estimate of drug-likeness (QED) is 0.793. The minimum absolute atomic E-state index is 0.285. The van der Waals surface area contributed by atoms with Crippen molar-refractivity contribution in [3.63, 3.8) is 0 Å². The van der Waals surface area contributed by atoms with Crippen LogP contribution in [-0.2, 0) is 6.42 Å². The van der Waals surface area contributed by atoms with Gasteiger partial charge in [-0.05, 0) is 55.2 Å². The summed E-state index contributed by atoms with van der Waals surface area (Å²) < 4.78 is 5.25. The van der Waals surface area contributed by atoms with Crippen LogP contribution in [0.3, 0.4) is 0 Å². The van der Waals surface area contributed by atoms with Crippen LogP contribution in [0.15, 0.2) is 42.5 Å². The first-order valence-electron chi connectivity index (χ1n) is 7.64. The monoisotopic (exact) mass is 283 g/mol. The van der Waals surface area contributed by atoms with Gasteiger partial charge in [-0.3, -0.25) is 0 Å². The normalized spacial score (nSPS) is 12.0. The van der Waals surface area contributed by atoms with Crippen molar-refractivity contribution < 1.29 is 4.74 Å². The van der Waals surface area contributed by atoms with E-state index in [0.717, 1.165) is 17.9 Å². The van der Waals surface area contributed by atoms with Gasteiger partial charge in [0.05, 0.1) is 7.11 Å². The van der Waals surface area contributed by atoms with Crippen LogP contribution in [-0.4, -0.2) is 7.11 Å². The van der Waals surface area contributed by atoms with Crippen LogP contribution >= 0.6 is 0 Å². The number of aryl methyl sites for hydroxylation is 2. The molecule has 0 amide bonds. The van der Waals surface area contributed by atoms with E-state index in [-0.39, 0.29) is 6.04 Å². The first kappa shape index (κ1) is 15.4. The summed E-state index contributed by atoms with van der Waals surface area (Å²) in [6.45, 7) is 6.50. The summed E-state index contributed by atoms with van der Waals surface area (Å²) in [7, 11) is 1.70. The molecule has 2 aromatic carbocycles. The summed E-state index contributed by atoms with van der Waals surface area (Å²) in [6, 6.07) is 15.3. The van der Waals surface area contributed by atoms with E-state index >= 15 is 0 Å². The predicted octanol–water partition coefficient (Wildman–Crippen LogP) is 5.13. The van der Waals surface area contributed by atoms with Crippen molar-refractivity contribution in [1.82, 2.24) is 0 Å². The second-order valence-electron chi connectivity index (χ2n) is 5.54. The van der Waals surface area contributed by atoms with Gasteiger partial charge in [0.25, 0.3) is 0 Å². The Morgan fingerprint density at radius 3 is 2.38 bits per heavy atom. The molecule has 0 radical (unpaired) electrons. The molecule has 2 rings (SSSR count). The van der Waals surface area contributed by atoms with Crippen LogP contribution in [0.5, 0.6) is 5.75 Å². The van der Waals surface area contributed by atoms with Crippen molar-refractivity contribution in [2.24, 2.45) is 0 Å². The molecule has 1 atom stereocenters. The van der Waals surface area contributed by atoms with Crippen molar-refractivity contribution in [3.05, 3.63) is 59.2 Å². The Hall–Kier alpha value is -1.96. The van der Waals surface area contributed by atoms with Crippen LogP contribution in [0.1, 0.15) is 43.0 Å². The summed E-state index contributed by atoms with van der Waals surface area (Å²) in [6.07, 6.45) is 2.35. The number of ether oxygens (including phenoxy) is 1. The predicted molar refractivity (Wildman–Crippen MR) is 90.2 cm³/mol. The molecule has 1 N–H and O–H groups in total. The van der Waals surface area contributed by atoms with Crippen LogP contribution in [0.2, 0.25) is 0 Å². The Balaban J connectivity index is 2.08. The molecule has 112 valence electrons. The number of anilines is 1. The molecule has 0 heterocycles. The molecular formula is C19H25NO. The van der Waals surface area contributed by atoms with Crippen LogP contribution in [0.25, 0.3) is 0 Å². The van der Waals surface area contributed by atoms with Crippen molar-refractivity contribution in [2.45, 2.75) is 39.7 Å². The molecular weight excluding hydrogens is 258 g/mol. The minimum Gasteiger partial charge on any atom is -0.497 e. The van der Waals surface area contributed by atoms with Gasteiger partial charge < -0.3 is 10.1 Å². The summed E-state index contributed by atoms with van der Waals surface area (Å²) in [4.78, 5) is 0. The van der Waals surface area contributed by atoms with Crippen LogP contribution in [0.4, 0.5) is 5.69 Å². The number of benzene rings is 2. The van der Waals surface area contributed by atoms with Crippen molar-refractivity contribution in [1.29, 1.82) is 0 Å². The third-order valence-electron chi connectivity index (χ3n) is 3.82. The van der Waals surface area contributed by atoms with Gasteiger partial charge in [0.15, 0.2) is 0 Å². The smallest absolute Gasteiger partial charge is 0.119 e. The lowest BCUT2D eigenvalue weighted by atomic mass is 10.0. The van der Waals surface area contributed by atoms with Gasteiger partial charge in [-0.15, -0.1) is 0 Å². The lowest BCUT2D eigenvalue weighted by Crippen LogP contribution is -2.07. The van der Waals surface area contributed by atoms with Gasteiger partial charge in [-0.1, -0.05) is 37.6 Å². The average molecular weight is 283 g/mol. The number of hydrogen-bond acceptors (Lipinski definition) is 2. The maximum absolute atomic E-state index is 5.25. The van der Waals surface area contributed by atoms with Gasteiger partial charge >= 0.3 is 0 Å². The summed E-state index contributed by atoms with van der Waals surface area (Å²) in [5, 5.41) is 3.57. The second kappa shape index (κ2) is 7.16. The zero-order chi connectivity index (χ0) is 15.2. The van der Waals surface area contributed by atoms with E-state index in [1.807, 2.05) is 6.07 Å². The van der Waals surface area contributed by atoms with E-state index < -0.39 is 0 Å². The molecule has 2 aromatic rings. The average Bonchev–Trinajstić information content (AvgIpc) is 2.50. The fourth-order valence-corrected chi connectivity index (χ4v) is 2.50. The molecule has 0 spiro atoms. The third kappa shape index (κ3) is 4.01. The van der Waals surface area contributed by atoms with Crippen LogP contribution < -0.4 is 10.1 Å². The highest BCUT2D eigenvalue weighted by atomic mass is 16.5. The Labute approximate surface area is 128 Å². The molecule has 0 aliphatic carbocycles. The van der Waals surface area contributed by atoms with Gasteiger partial charge in [-0.25, -0.2) is 0 Å². The molecule has 0 fully saturated rings. The highest BCUT2D eigenvalue weighted by Crippen LogP contribution is 2.25. The first-order chi connectivity index (χ1) is 10.1. The minimum atomic E-state index is 0.285. The maximum Gasteiger partial charge on any atom is 0.119 e. The van der Waals surface area contributed by atoms with E-state index in [2.05, 4.69) is 62.5 Å². The number of hydrogen-bond donors (Lipinski definition) is 1. The van der Waals surface area contributed by atoms with E-state index in [1.54, 1.807) is 7.11 Å². The van der Waals surface area contributed by atoms with Crippen molar-refractivity contribution in [2.75, 3.05) is 12.4 Å². The number of nitrogens with one attached hydrogen (secondary N) is 1. The molecule has 0 aliphatic heterocycles. The summed E-state index contributed by atoms with van der Waals surface area (Å²) >= 11 is 0. The second-order valence-corrected chi connectivity index (χ2v) is 5.54. The molecule has 21 heavy (non-hydrogen) atoms. The Morgan fingerprint density at radius 2 is 1.81 bits per heavy atom. The maximum atomic E-state index is 5.25. The van der Waals surface area contributed by atoms with Gasteiger partial charge in [0, 0.05) is 11.7 Å². The van der Waals surface area contributed by atoms with Crippen molar-refractivity contribution in [3.8, 4) is 5.75 Å². The molecule has 0 saturated carbocycles. The summed E-state index contributed by atoms with van der Waals surface area (Å²) in [5.41, 5.74) is 5.07. The Bertz CT molecular complexity index is 575. The zero-order valence-electron chi connectivity index (χ0n) is 13.4. The van der Waals surface area contributed by atoms with Gasteiger partial charge in [0.2, 0.25) is 0 Å². The first-order valence-corrected chi connectivity index (χ1v) is 7.64. The lowest BCUT2D eigenvalue weighted by molar-refractivity contribution is 0.414. The summed E-state index contributed by atoms with van der Waals surface area (Å²) in [5.74, 6) is 0.898. The standard InChI is InChI=1S/C19H25NO/c1-5-6-16-7-9-17(10-8-16)15(3)20-19-12-11-18(21-4)13-14(19)2/h7-13,15,20H,5-6H2,1-4H3. The van der Waals surface area contributed by atoms with E-state index in [1.165, 1.54) is 23.1 Å².